The first-order valence-electron chi connectivity index (χ1n) is 7.34. The van der Waals surface area contributed by atoms with Gasteiger partial charge in [0.1, 0.15) is 5.82 Å². The summed E-state index contributed by atoms with van der Waals surface area (Å²) >= 11 is 0. The molecule has 0 atom stereocenters. The third kappa shape index (κ3) is 3.31. The van der Waals surface area contributed by atoms with Crippen molar-refractivity contribution in [3.8, 4) is 0 Å². The van der Waals surface area contributed by atoms with Gasteiger partial charge in [0.2, 0.25) is 5.95 Å². The third-order valence-electron chi connectivity index (χ3n) is 3.15. The first kappa shape index (κ1) is 14.3. The van der Waals surface area contributed by atoms with Gasteiger partial charge in [0.05, 0.1) is 5.52 Å². The smallest absolute Gasteiger partial charge is 0.225 e. The van der Waals surface area contributed by atoms with Crippen molar-refractivity contribution in [3.05, 3.63) is 48.3 Å². The van der Waals surface area contributed by atoms with Crippen LogP contribution in [0.2, 0.25) is 0 Å². The molecule has 0 aliphatic heterocycles. The highest BCUT2D eigenvalue weighted by atomic mass is 15.1. The molecule has 2 heterocycles. The maximum atomic E-state index is 4.50. The Bertz CT molecular complexity index is 798. The molecule has 112 valence electrons. The molecule has 5 heteroatoms. The van der Waals surface area contributed by atoms with Crippen molar-refractivity contribution in [3.63, 3.8) is 0 Å². The topological polar surface area (TPSA) is 62.7 Å². The summed E-state index contributed by atoms with van der Waals surface area (Å²) in [6, 6.07) is 12.3. The second-order valence-electron chi connectivity index (χ2n) is 5.55. The fourth-order valence-corrected chi connectivity index (χ4v) is 2.26. The van der Waals surface area contributed by atoms with Crippen LogP contribution in [-0.2, 0) is 0 Å². The van der Waals surface area contributed by atoms with Crippen LogP contribution in [0.3, 0.4) is 0 Å². The van der Waals surface area contributed by atoms with Gasteiger partial charge >= 0.3 is 0 Å². The van der Waals surface area contributed by atoms with E-state index in [4.69, 9.17) is 0 Å². The SMILES string of the molecule is Cc1cc(Nc2ccc3ncccc3c2)nc(NC(C)C)n1. The average Bonchev–Trinajstić information content (AvgIpc) is 2.45. The number of nitrogens with one attached hydrogen (secondary N) is 2. The summed E-state index contributed by atoms with van der Waals surface area (Å²) in [6.07, 6.45) is 1.80. The Morgan fingerprint density at radius 3 is 2.73 bits per heavy atom. The van der Waals surface area contributed by atoms with Crippen LogP contribution in [0.5, 0.6) is 0 Å². The zero-order valence-corrected chi connectivity index (χ0v) is 13.0. The van der Waals surface area contributed by atoms with Crippen LogP contribution >= 0.6 is 0 Å². The van der Waals surface area contributed by atoms with Gasteiger partial charge in [0.15, 0.2) is 0 Å². The Kier molecular flexibility index (Phi) is 3.87. The highest BCUT2D eigenvalue weighted by molar-refractivity contribution is 5.83. The molecule has 1 aromatic carbocycles. The lowest BCUT2D eigenvalue weighted by Crippen LogP contribution is -2.13. The number of aromatic nitrogens is 3. The second kappa shape index (κ2) is 5.97. The van der Waals surface area contributed by atoms with Gasteiger partial charge in [0.25, 0.3) is 0 Å². The molecular formula is C17H19N5. The summed E-state index contributed by atoms with van der Waals surface area (Å²) in [5.74, 6) is 1.42. The summed E-state index contributed by atoms with van der Waals surface area (Å²) < 4.78 is 0. The van der Waals surface area contributed by atoms with Gasteiger partial charge in [-0.3, -0.25) is 4.98 Å². The second-order valence-corrected chi connectivity index (χ2v) is 5.55. The van der Waals surface area contributed by atoms with Gasteiger partial charge in [-0.2, -0.15) is 4.98 Å². The van der Waals surface area contributed by atoms with Crippen LogP contribution in [0, 0.1) is 6.92 Å². The summed E-state index contributed by atoms with van der Waals surface area (Å²) in [5, 5.41) is 7.66. The molecule has 0 aliphatic rings. The van der Waals surface area contributed by atoms with Crippen molar-refractivity contribution < 1.29 is 0 Å². The van der Waals surface area contributed by atoms with E-state index < -0.39 is 0 Å². The number of nitrogens with zero attached hydrogens (tertiary/aromatic N) is 3. The van der Waals surface area contributed by atoms with E-state index in [1.165, 1.54) is 0 Å². The van der Waals surface area contributed by atoms with Crippen molar-refractivity contribution >= 4 is 28.4 Å². The third-order valence-corrected chi connectivity index (χ3v) is 3.15. The maximum Gasteiger partial charge on any atom is 0.225 e. The molecule has 2 aromatic heterocycles. The van der Waals surface area contributed by atoms with Crippen LogP contribution in [-0.4, -0.2) is 21.0 Å². The lowest BCUT2D eigenvalue weighted by molar-refractivity contribution is 0.871. The standard InChI is InChI=1S/C17H19N5/c1-11(2)19-17-20-12(3)9-16(22-17)21-14-6-7-15-13(10-14)5-4-8-18-15/h4-11H,1-3H3,(H2,19,20,21,22). The molecule has 0 aliphatic carbocycles. The molecule has 22 heavy (non-hydrogen) atoms. The zero-order chi connectivity index (χ0) is 15.5. The zero-order valence-electron chi connectivity index (χ0n) is 13.0. The fraction of sp³-hybridized carbons (Fsp3) is 0.235. The van der Waals surface area contributed by atoms with Crippen LogP contribution in [0.1, 0.15) is 19.5 Å². The largest absolute Gasteiger partial charge is 0.352 e. The van der Waals surface area contributed by atoms with Crippen molar-refractivity contribution in [2.45, 2.75) is 26.8 Å². The Balaban J connectivity index is 1.89. The van der Waals surface area contributed by atoms with E-state index in [-0.39, 0.29) is 0 Å². The normalized spacial score (nSPS) is 10.9. The fourth-order valence-electron chi connectivity index (χ4n) is 2.26. The number of aryl methyl sites for hydroxylation is 1. The van der Waals surface area contributed by atoms with Gasteiger partial charge in [-0.25, -0.2) is 4.98 Å². The molecule has 0 unspecified atom stereocenters. The minimum Gasteiger partial charge on any atom is -0.352 e. The molecular weight excluding hydrogens is 274 g/mol. The van der Waals surface area contributed by atoms with Crippen LogP contribution < -0.4 is 10.6 Å². The summed E-state index contributed by atoms with van der Waals surface area (Å²) in [5.41, 5.74) is 2.88. The van der Waals surface area contributed by atoms with E-state index in [1.807, 2.05) is 37.3 Å². The van der Waals surface area contributed by atoms with E-state index in [1.54, 1.807) is 6.20 Å². The quantitative estimate of drug-likeness (QED) is 0.764. The highest BCUT2D eigenvalue weighted by Gasteiger charge is 2.04. The first-order chi connectivity index (χ1) is 10.6. The number of fused-ring (bicyclic) bond motifs is 1. The minimum atomic E-state index is 0.293. The molecule has 3 rings (SSSR count). The number of hydrogen-bond acceptors (Lipinski definition) is 5. The number of rotatable bonds is 4. The van der Waals surface area contributed by atoms with Crippen molar-refractivity contribution in [2.24, 2.45) is 0 Å². The van der Waals surface area contributed by atoms with Gasteiger partial charge in [-0.1, -0.05) is 6.07 Å². The molecule has 0 fully saturated rings. The summed E-state index contributed by atoms with van der Waals surface area (Å²) in [6.45, 7) is 6.09. The average molecular weight is 293 g/mol. The predicted octanol–water partition coefficient (Wildman–Crippen LogP) is 3.90. The van der Waals surface area contributed by atoms with Crippen LogP contribution in [0.25, 0.3) is 10.9 Å². The van der Waals surface area contributed by atoms with Gasteiger partial charge < -0.3 is 10.6 Å². The lowest BCUT2D eigenvalue weighted by atomic mass is 10.2. The van der Waals surface area contributed by atoms with Crippen molar-refractivity contribution in [1.29, 1.82) is 0 Å². The molecule has 0 bridgehead atoms. The van der Waals surface area contributed by atoms with Gasteiger partial charge in [0, 0.05) is 35.1 Å². The molecule has 0 spiro atoms. The number of anilines is 3. The lowest BCUT2D eigenvalue weighted by Gasteiger charge is -2.12. The number of pyridine rings is 1. The van der Waals surface area contributed by atoms with E-state index in [9.17, 15) is 0 Å². The molecule has 0 radical (unpaired) electrons. The van der Waals surface area contributed by atoms with E-state index in [0.29, 0.717) is 12.0 Å². The van der Waals surface area contributed by atoms with E-state index in [0.717, 1.165) is 28.1 Å². The molecule has 0 amide bonds. The monoisotopic (exact) mass is 293 g/mol. The summed E-state index contributed by atoms with van der Waals surface area (Å²) in [7, 11) is 0. The van der Waals surface area contributed by atoms with Gasteiger partial charge in [-0.05, 0) is 45.0 Å². The Morgan fingerprint density at radius 1 is 1.05 bits per heavy atom. The molecule has 0 saturated heterocycles. The molecule has 2 N–H and O–H groups in total. The van der Waals surface area contributed by atoms with Crippen molar-refractivity contribution in [2.75, 3.05) is 10.6 Å². The van der Waals surface area contributed by atoms with E-state index >= 15 is 0 Å². The van der Waals surface area contributed by atoms with Crippen LogP contribution in [0.15, 0.2) is 42.6 Å². The van der Waals surface area contributed by atoms with Crippen LogP contribution in [0.4, 0.5) is 17.5 Å². The predicted molar refractivity (Wildman–Crippen MR) is 90.6 cm³/mol. The minimum absolute atomic E-state index is 0.293. The van der Waals surface area contributed by atoms with E-state index in [2.05, 4.69) is 45.5 Å². The Labute approximate surface area is 129 Å². The number of benzene rings is 1. The number of hydrogen-bond donors (Lipinski definition) is 2. The van der Waals surface area contributed by atoms with Crippen molar-refractivity contribution in [1.82, 2.24) is 15.0 Å². The first-order valence-corrected chi connectivity index (χ1v) is 7.34. The maximum absolute atomic E-state index is 4.50. The summed E-state index contributed by atoms with van der Waals surface area (Å²) in [4.78, 5) is 13.2. The highest BCUT2D eigenvalue weighted by Crippen LogP contribution is 2.21. The van der Waals surface area contributed by atoms with Gasteiger partial charge in [-0.15, -0.1) is 0 Å². The molecule has 3 aromatic rings. The Morgan fingerprint density at radius 2 is 1.91 bits per heavy atom. The molecule has 0 saturated carbocycles. The Hall–Kier alpha value is -2.69. The molecule has 5 nitrogen and oxygen atoms in total.